The van der Waals surface area contributed by atoms with Crippen molar-refractivity contribution in [1.29, 1.82) is 0 Å². The van der Waals surface area contributed by atoms with Gasteiger partial charge >= 0.3 is 0 Å². The molecule has 0 atom stereocenters. The first-order chi connectivity index (χ1) is 5.33. The Balaban J connectivity index is 1.68. The van der Waals surface area contributed by atoms with Crippen molar-refractivity contribution in [3.05, 3.63) is 0 Å². The molecule has 0 aromatic carbocycles. The number of nitrogens with zero attached hydrogens (tertiary/aromatic N) is 2. The summed E-state index contributed by atoms with van der Waals surface area (Å²) in [6.07, 6.45) is 5.20. The van der Waals surface area contributed by atoms with Crippen LogP contribution in [-0.4, -0.2) is 18.8 Å². The number of piperidine rings is 1. The highest BCUT2D eigenvalue weighted by atomic mass is 15.5. The van der Waals surface area contributed by atoms with Gasteiger partial charge in [-0.05, 0) is 31.3 Å². The first-order valence-electron chi connectivity index (χ1n) is 4.48. The highest BCUT2D eigenvalue weighted by Gasteiger charge is 2.60. The molecule has 1 N–H and O–H groups in total. The van der Waals surface area contributed by atoms with Crippen LogP contribution in [0.3, 0.4) is 0 Å². The van der Waals surface area contributed by atoms with Crippen molar-refractivity contribution in [2.45, 2.75) is 31.3 Å². The van der Waals surface area contributed by atoms with Gasteiger partial charge in [-0.1, -0.05) is 0 Å². The summed E-state index contributed by atoms with van der Waals surface area (Å²) in [6.45, 7) is 2.41. The van der Waals surface area contributed by atoms with Crippen LogP contribution in [0.4, 0.5) is 0 Å². The Morgan fingerprint density at radius 2 is 1.64 bits per heavy atom. The van der Waals surface area contributed by atoms with Crippen molar-refractivity contribution in [1.82, 2.24) is 5.32 Å². The molecule has 3 nitrogen and oxygen atoms in total. The van der Waals surface area contributed by atoms with Crippen molar-refractivity contribution >= 4 is 0 Å². The Labute approximate surface area is 66.3 Å². The summed E-state index contributed by atoms with van der Waals surface area (Å²) in [5, 5.41) is 11.6. The summed E-state index contributed by atoms with van der Waals surface area (Å²) in [4.78, 5) is 0. The molecule has 0 radical (unpaired) electrons. The SMILES string of the molecule is C1CC2(CCN1)CC1(C2)N=N1. The van der Waals surface area contributed by atoms with Crippen molar-refractivity contribution in [3.63, 3.8) is 0 Å². The van der Waals surface area contributed by atoms with Gasteiger partial charge in [-0.15, -0.1) is 0 Å². The first-order valence-corrected chi connectivity index (χ1v) is 4.48. The average Bonchev–Trinajstić information content (AvgIpc) is 2.69. The number of rotatable bonds is 0. The Morgan fingerprint density at radius 1 is 1.00 bits per heavy atom. The Bertz CT molecular complexity index is 199. The molecule has 0 bridgehead atoms. The minimum Gasteiger partial charge on any atom is -0.317 e. The van der Waals surface area contributed by atoms with Crippen molar-refractivity contribution in [2.24, 2.45) is 15.6 Å². The third-order valence-electron chi connectivity index (χ3n) is 3.36. The van der Waals surface area contributed by atoms with Gasteiger partial charge in [0.1, 0.15) is 0 Å². The van der Waals surface area contributed by atoms with Crippen LogP contribution in [0, 0.1) is 5.41 Å². The lowest BCUT2D eigenvalue weighted by Crippen LogP contribution is -2.49. The molecule has 2 heterocycles. The highest BCUT2D eigenvalue weighted by Crippen LogP contribution is 2.61. The Morgan fingerprint density at radius 3 is 2.18 bits per heavy atom. The predicted octanol–water partition coefficient (Wildman–Crippen LogP) is 1.31. The smallest absolute Gasteiger partial charge is 0.192 e. The molecule has 2 spiro atoms. The quantitative estimate of drug-likeness (QED) is 0.557. The topological polar surface area (TPSA) is 36.8 Å². The van der Waals surface area contributed by atoms with Gasteiger partial charge in [0.15, 0.2) is 5.66 Å². The molecule has 0 aromatic rings. The molecule has 3 rings (SSSR count). The zero-order valence-electron chi connectivity index (χ0n) is 6.64. The van der Waals surface area contributed by atoms with Gasteiger partial charge in [-0.25, -0.2) is 0 Å². The number of hydrogen-bond donors (Lipinski definition) is 1. The van der Waals surface area contributed by atoms with Crippen LogP contribution in [-0.2, 0) is 0 Å². The molecule has 1 saturated carbocycles. The minimum atomic E-state index is 0.164. The molecule has 3 aliphatic rings. The van der Waals surface area contributed by atoms with E-state index in [2.05, 4.69) is 15.5 Å². The van der Waals surface area contributed by atoms with Gasteiger partial charge in [0.2, 0.25) is 0 Å². The summed E-state index contributed by atoms with van der Waals surface area (Å²) in [5.74, 6) is 0. The fraction of sp³-hybridized carbons (Fsp3) is 1.00. The van der Waals surface area contributed by atoms with E-state index in [1.54, 1.807) is 0 Å². The van der Waals surface area contributed by atoms with Gasteiger partial charge in [0.25, 0.3) is 0 Å². The lowest BCUT2D eigenvalue weighted by atomic mass is 9.59. The number of hydrogen-bond acceptors (Lipinski definition) is 3. The Kier molecular flexibility index (Phi) is 0.922. The van der Waals surface area contributed by atoms with E-state index >= 15 is 0 Å². The molecule has 0 amide bonds. The maximum Gasteiger partial charge on any atom is 0.192 e. The summed E-state index contributed by atoms with van der Waals surface area (Å²) in [7, 11) is 0. The molecule has 1 aliphatic carbocycles. The van der Waals surface area contributed by atoms with Crippen LogP contribution in [0.15, 0.2) is 10.2 Å². The van der Waals surface area contributed by atoms with Crippen LogP contribution >= 0.6 is 0 Å². The van der Waals surface area contributed by atoms with Gasteiger partial charge in [0, 0.05) is 12.8 Å². The van der Waals surface area contributed by atoms with E-state index in [0.29, 0.717) is 5.41 Å². The van der Waals surface area contributed by atoms with E-state index in [4.69, 9.17) is 0 Å². The van der Waals surface area contributed by atoms with Crippen molar-refractivity contribution in [2.75, 3.05) is 13.1 Å². The van der Waals surface area contributed by atoms with Gasteiger partial charge in [0.05, 0.1) is 0 Å². The highest BCUT2D eigenvalue weighted by molar-refractivity contribution is 5.13. The van der Waals surface area contributed by atoms with Crippen LogP contribution < -0.4 is 5.32 Å². The monoisotopic (exact) mass is 151 g/mol. The third kappa shape index (κ3) is 0.775. The second-order valence-electron chi connectivity index (χ2n) is 4.29. The largest absolute Gasteiger partial charge is 0.317 e. The van der Waals surface area contributed by atoms with Crippen LogP contribution in [0.5, 0.6) is 0 Å². The summed E-state index contributed by atoms with van der Waals surface area (Å²) < 4.78 is 0. The Hall–Kier alpha value is -0.440. The molecular formula is C8H13N3. The molecule has 11 heavy (non-hydrogen) atoms. The fourth-order valence-corrected chi connectivity index (χ4v) is 2.67. The van der Waals surface area contributed by atoms with Crippen molar-refractivity contribution in [3.8, 4) is 0 Å². The molecular weight excluding hydrogens is 138 g/mol. The predicted molar refractivity (Wildman–Crippen MR) is 41.4 cm³/mol. The van der Waals surface area contributed by atoms with Crippen LogP contribution in [0.2, 0.25) is 0 Å². The van der Waals surface area contributed by atoms with Gasteiger partial charge in [-0.3, -0.25) is 0 Å². The van der Waals surface area contributed by atoms with E-state index in [-0.39, 0.29) is 5.66 Å². The van der Waals surface area contributed by atoms with Crippen molar-refractivity contribution < 1.29 is 0 Å². The van der Waals surface area contributed by atoms with E-state index in [1.165, 1.54) is 38.8 Å². The second kappa shape index (κ2) is 1.66. The summed E-state index contributed by atoms with van der Waals surface area (Å²) in [6, 6.07) is 0. The summed E-state index contributed by atoms with van der Waals surface area (Å²) >= 11 is 0. The maximum absolute atomic E-state index is 4.09. The van der Waals surface area contributed by atoms with Crippen LogP contribution in [0.25, 0.3) is 0 Å². The zero-order chi connectivity index (χ0) is 7.36. The molecule has 0 aromatic heterocycles. The van der Waals surface area contributed by atoms with Gasteiger partial charge in [-0.2, -0.15) is 10.2 Å². The van der Waals surface area contributed by atoms with E-state index in [0.717, 1.165) is 0 Å². The maximum atomic E-state index is 4.09. The fourth-order valence-electron chi connectivity index (χ4n) is 2.67. The lowest BCUT2D eigenvalue weighted by Gasteiger charge is -2.48. The molecule has 60 valence electrons. The third-order valence-corrected chi connectivity index (χ3v) is 3.36. The van der Waals surface area contributed by atoms with E-state index in [9.17, 15) is 0 Å². The van der Waals surface area contributed by atoms with Crippen LogP contribution in [0.1, 0.15) is 25.7 Å². The van der Waals surface area contributed by atoms with Gasteiger partial charge < -0.3 is 5.32 Å². The zero-order valence-corrected chi connectivity index (χ0v) is 6.64. The van der Waals surface area contributed by atoms with E-state index < -0.39 is 0 Å². The molecule has 0 unspecified atom stereocenters. The lowest BCUT2D eigenvalue weighted by molar-refractivity contribution is 0.0396. The van der Waals surface area contributed by atoms with E-state index in [1.807, 2.05) is 0 Å². The molecule has 2 fully saturated rings. The number of nitrogens with one attached hydrogen (secondary N) is 1. The first kappa shape index (κ1) is 6.12. The molecule has 2 aliphatic heterocycles. The summed E-state index contributed by atoms with van der Waals surface area (Å²) in [5.41, 5.74) is 0.812. The average molecular weight is 151 g/mol. The standard InChI is InChI=1S/C8H13N3/c1-3-9-4-2-7(1)5-8(6-7)10-11-8/h9H,1-6H2. The minimum absolute atomic E-state index is 0.164. The second-order valence-corrected chi connectivity index (χ2v) is 4.29. The normalized spacial score (nSPS) is 35.6. The molecule has 1 saturated heterocycles. The molecule has 3 heteroatoms.